The van der Waals surface area contributed by atoms with Gasteiger partial charge in [0.1, 0.15) is 0 Å². The number of aryl methyl sites for hydroxylation is 2. The number of carbonyl (C=O) groups is 1. The smallest absolute Gasteiger partial charge is 0.262 e. The average Bonchev–Trinajstić information content (AvgIpc) is 3.15. The quantitative estimate of drug-likeness (QED) is 0.613. The maximum Gasteiger partial charge on any atom is 0.262 e. The Kier molecular flexibility index (Phi) is 6.16. The van der Waals surface area contributed by atoms with Gasteiger partial charge < -0.3 is 5.32 Å². The summed E-state index contributed by atoms with van der Waals surface area (Å²) in [6.07, 6.45) is 0.246. The highest BCUT2D eigenvalue weighted by Gasteiger charge is 2.17. The molecule has 1 aromatic heterocycles. The minimum Gasteiger partial charge on any atom is -0.351 e. The Morgan fingerprint density at radius 3 is 2.43 bits per heavy atom. The van der Waals surface area contributed by atoms with Crippen molar-refractivity contribution in [2.75, 3.05) is 4.72 Å². The van der Waals surface area contributed by atoms with E-state index in [1.54, 1.807) is 54.7 Å². The lowest BCUT2D eigenvalue weighted by Crippen LogP contribution is -2.24. The Morgan fingerprint density at radius 1 is 1.04 bits per heavy atom. The van der Waals surface area contributed by atoms with Gasteiger partial charge in [-0.3, -0.25) is 9.52 Å². The van der Waals surface area contributed by atoms with Crippen LogP contribution in [0.15, 0.2) is 64.9 Å². The van der Waals surface area contributed by atoms with E-state index in [1.165, 1.54) is 0 Å². The molecule has 146 valence electrons. The van der Waals surface area contributed by atoms with Crippen LogP contribution in [0.25, 0.3) is 0 Å². The molecule has 2 N–H and O–H groups in total. The molecule has 0 radical (unpaired) electrons. The second-order valence-corrected chi connectivity index (χ2v) is 9.29. The van der Waals surface area contributed by atoms with Crippen molar-refractivity contribution in [3.05, 3.63) is 81.5 Å². The van der Waals surface area contributed by atoms with Gasteiger partial charge in [0.25, 0.3) is 10.0 Å². The van der Waals surface area contributed by atoms with Crippen LogP contribution in [0.2, 0.25) is 0 Å². The first-order chi connectivity index (χ1) is 13.3. The van der Waals surface area contributed by atoms with Crippen LogP contribution in [0.1, 0.15) is 21.6 Å². The maximum absolute atomic E-state index is 12.6. The van der Waals surface area contributed by atoms with E-state index >= 15 is 0 Å². The van der Waals surface area contributed by atoms with Gasteiger partial charge >= 0.3 is 0 Å². The summed E-state index contributed by atoms with van der Waals surface area (Å²) in [7, 11) is -3.66. The zero-order valence-electron chi connectivity index (χ0n) is 15.7. The Morgan fingerprint density at radius 2 is 1.79 bits per heavy atom. The SMILES string of the molecule is Cc1ccc(S(=O)(=O)Nc2ccc(CC(=O)NCc3cccs3)cc2)c(C)c1. The number of carbonyl (C=O) groups excluding carboxylic acids is 1. The van der Waals surface area contributed by atoms with E-state index in [2.05, 4.69) is 10.0 Å². The van der Waals surface area contributed by atoms with Gasteiger partial charge in [0.2, 0.25) is 5.91 Å². The minimum absolute atomic E-state index is 0.0722. The predicted molar refractivity (Wildman–Crippen MR) is 113 cm³/mol. The van der Waals surface area contributed by atoms with E-state index in [4.69, 9.17) is 0 Å². The van der Waals surface area contributed by atoms with Crippen molar-refractivity contribution in [1.29, 1.82) is 0 Å². The van der Waals surface area contributed by atoms with Crippen molar-refractivity contribution in [2.24, 2.45) is 0 Å². The highest BCUT2D eigenvalue weighted by atomic mass is 32.2. The van der Waals surface area contributed by atoms with E-state index in [0.717, 1.165) is 16.0 Å². The van der Waals surface area contributed by atoms with Crippen LogP contribution in [0.4, 0.5) is 5.69 Å². The summed E-state index contributed by atoms with van der Waals surface area (Å²) in [5, 5.41) is 4.85. The fourth-order valence-corrected chi connectivity index (χ4v) is 4.78. The molecule has 0 aliphatic heterocycles. The molecule has 0 aliphatic carbocycles. The lowest BCUT2D eigenvalue weighted by molar-refractivity contribution is -0.120. The normalized spacial score (nSPS) is 11.2. The molecule has 5 nitrogen and oxygen atoms in total. The highest BCUT2D eigenvalue weighted by Crippen LogP contribution is 2.21. The van der Waals surface area contributed by atoms with Crippen molar-refractivity contribution in [3.63, 3.8) is 0 Å². The molecule has 1 heterocycles. The molecule has 0 spiro atoms. The number of benzene rings is 2. The molecule has 1 amide bonds. The fraction of sp³-hybridized carbons (Fsp3) is 0.190. The van der Waals surface area contributed by atoms with Gasteiger partial charge in [0.15, 0.2) is 0 Å². The minimum atomic E-state index is -3.66. The topological polar surface area (TPSA) is 75.3 Å². The molecule has 0 saturated carbocycles. The Balaban J connectivity index is 1.61. The third-order valence-corrected chi connectivity index (χ3v) is 6.65. The monoisotopic (exact) mass is 414 g/mol. The first-order valence-corrected chi connectivity index (χ1v) is 11.2. The second kappa shape index (κ2) is 8.58. The molecule has 0 aliphatic rings. The van der Waals surface area contributed by atoms with Crippen molar-refractivity contribution in [2.45, 2.75) is 31.7 Å². The van der Waals surface area contributed by atoms with Crippen LogP contribution in [0.5, 0.6) is 0 Å². The van der Waals surface area contributed by atoms with E-state index in [0.29, 0.717) is 17.8 Å². The van der Waals surface area contributed by atoms with Gasteiger partial charge in [-0.2, -0.15) is 0 Å². The molecule has 0 unspecified atom stereocenters. The number of sulfonamides is 1. The van der Waals surface area contributed by atoms with Crippen molar-refractivity contribution in [1.82, 2.24) is 5.32 Å². The van der Waals surface area contributed by atoms with Gasteiger partial charge in [0, 0.05) is 10.6 Å². The molecule has 0 atom stereocenters. The molecule has 3 rings (SSSR count). The highest BCUT2D eigenvalue weighted by molar-refractivity contribution is 7.92. The van der Waals surface area contributed by atoms with Gasteiger partial charge in [-0.25, -0.2) is 8.42 Å². The van der Waals surface area contributed by atoms with Gasteiger partial charge in [-0.15, -0.1) is 11.3 Å². The van der Waals surface area contributed by atoms with Crippen LogP contribution in [-0.2, 0) is 27.8 Å². The first-order valence-electron chi connectivity index (χ1n) is 8.81. The molecule has 2 aromatic carbocycles. The molecule has 0 bridgehead atoms. The molecular formula is C21H22N2O3S2. The number of thiophene rings is 1. The van der Waals surface area contributed by atoms with Gasteiger partial charge in [0.05, 0.1) is 17.9 Å². The number of anilines is 1. The number of hydrogen-bond donors (Lipinski definition) is 2. The summed E-state index contributed by atoms with van der Waals surface area (Å²) < 4.78 is 27.8. The maximum atomic E-state index is 12.6. The zero-order valence-corrected chi connectivity index (χ0v) is 17.4. The molecule has 0 fully saturated rings. The van der Waals surface area contributed by atoms with E-state index < -0.39 is 10.0 Å². The van der Waals surface area contributed by atoms with Crippen molar-refractivity contribution in [3.8, 4) is 0 Å². The number of amides is 1. The Hall–Kier alpha value is -2.64. The second-order valence-electron chi connectivity index (χ2n) is 6.60. The third kappa shape index (κ3) is 5.21. The molecule has 0 saturated heterocycles. The number of rotatable bonds is 7. The lowest BCUT2D eigenvalue weighted by atomic mass is 10.1. The van der Waals surface area contributed by atoms with Crippen molar-refractivity contribution >= 4 is 33.0 Å². The van der Waals surface area contributed by atoms with Crippen LogP contribution in [-0.4, -0.2) is 14.3 Å². The summed E-state index contributed by atoms with van der Waals surface area (Å²) in [5.74, 6) is -0.0722. The molecule has 7 heteroatoms. The van der Waals surface area contributed by atoms with E-state index in [1.807, 2.05) is 30.5 Å². The van der Waals surface area contributed by atoms with Crippen LogP contribution >= 0.6 is 11.3 Å². The molecule has 3 aromatic rings. The van der Waals surface area contributed by atoms with E-state index in [9.17, 15) is 13.2 Å². The first kappa shape index (κ1) is 20.1. The summed E-state index contributed by atoms with van der Waals surface area (Å²) in [6.45, 7) is 4.22. The Bertz CT molecular complexity index is 1060. The predicted octanol–water partition coefficient (Wildman–Crippen LogP) is 4.02. The van der Waals surface area contributed by atoms with E-state index in [-0.39, 0.29) is 17.2 Å². The summed E-state index contributed by atoms with van der Waals surface area (Å²) in [4.78, 5) is 13.4. The number of nitrogens with one attached hydrogen (secondary N) is 2. The van der Waals surface area contributed by atoms with Crippen LogP contribution in [0.3, 0.4) is 0 Å². The largest absolute Gasteiger partial charge is 0.351 e. The standard InChI is InChI=1S/C21H22N2O3S2/c1-15-5-10-20(16(2)12-15)28(25,26)23-18-8-6-17(7-9-18)13-21(24)22-14-19-4-3-11-27-19/h3-12,23H,13-14H2,1-2H3,(H,22,24). The summed E-state index contributed by atoms with van der Waals surface area (Å²) in [5.41, 5.74) is 2.99. The fourth-order valence-electron chi connectivity index (χ4n) is 2.85. The summed E-state index contributed by atoms with van der Waals surface area (Å²) >= 11 is 1.60. The zero-order chi connectivity index (χ0) is 20.1. The van der Waals surface area contributed by atoms with Gasteiger partial charge in [-0.05, 0) is 54.6 Å². The van der Waals surface area contributed by atoms with Crippen LogP contribution < -0.4 is 10.0 Å². The Labute approximate surface area is 169 Å². The average molecular weight is 415 g/mol. The lowest BCUT2D eigenvalue weighted by Gasteiger charge is -2.11. The third-order valence-electron chi connectivity index (χ3n) is 4.23. The molecular weight excluding hydrogens is 392 g/mol. The van der Waals surface area contributed by atoms with Crippen molar-refractivity contribution < 1.29 is 13.2 Å². The molecule has 28 heavy (non-hydrogen) atoms. The number of hydrogen-bond acceptors (Lipinski definition) is 4. The van der Waals surface area contributed by atoms with Crippen LogP contribution in [0, 0.1) is 13.8 Å². The summed E-state index contributed by atoms with van der Waals surface area (Å²) in [6, 6.07) is 16.0. The van der Waals surface area contributed by atoms with Gasteiger partial charge in [-0.1, -0.05) is 35.9 Å².